The molecule has 1 aromatic heterocycles. The van der Waals surface area contributed by atoms with Crippen LogP contribution < -0.4 is 4.74 Å². The van der Waals surface area contributed by atoms with Gasteiger partial charge in [0.25, 0.3) is 0 Å². The summed E-state index contributed by atoms with van der Waals surface area (Å²) in [5.41, 5.74) is 0.987. The molecule has 1 unspecified atom stereocenters. The zero-order chi connectivity index (χ0) is 13.2. The van der Waals surface area contributed by atoms with Gasteiger partial charge in [-0.25, -0.2) is 4.98 Å². The standard InChI is InChI=1S/C14H15N3O2/c1-17-14(15-9-16-17)8-12(18)10-6-7-19-13-5-3-2-4-11(10)13/h2-5,9-10H,6-8H2,1H3. The summed E-state index contributed by atoms with van der Waals surface area (Å²) >= 11 is 0. The molecule has 0 saturated heterocycles. The zero-order valence-electron chi connectivity index (χ0n) is 10.7. The van der Waals surface area contributed by atoms with Gasteiger partial charge in [-0.1, -0.05) is 18.2 Å². The van der Waals surface area contributed by atoms with E-state index in [1.165, 1.54) is 6.33 Å². The normalized spacial score (nSPS) is 17.6. The minimum absolute atomic E-state index is 0.0957. The van der Waals surface area contributed by atoms with Gasteiger partial charge in [0.05, 0.1) is 18.9 Å². The van der Waals surface area contributed by atoms with Crippen molar-refractivity contribution in [2.24, 2.45) is 7.05 Å². The largest absolute Gasteiger partial charge is 0.493 e. The molecule has 5 heteroatoms. The molecule has 1 aliphatic heterocycles. The van der Waals surface area contributed by atoms with Gasteiger partial charge >= 0.3 is 0 Å². The van der Waals surface area contributed by atoms with E-state index >= 15 is 0 Å². The molecule has 98 valence electrons. The quantitative estimate of drug-likeness (QED) is 0.836. The molecular formula is C14H15N3O2. The lowest BCUT2D eigenvalue weighted by molar-refractivity contribution is -0.120. The number of ether oxygens (including phenoxy) is 1. The molecule has 0 spiro atoms. The molecule has 2 aromatic rings. The van der Waals surface area contributed by atoms with E-state index in [1.54, 1.807) is 11.7 Å². The number of ketones is 1. The number of carbonyl (C=O) groups is 1. The maximum atomic E-state index is 12.4. The summed E-state index contributed by atoms with van der Waals surface area (Å²) in [6, 6.07) is 7.75. The molecule has 1 atom stereocenters. The number of para-hydroxylation sites is 1. The van der Waals surface area contributed by atoms with Gasteiger partial charge < -0.3 is 4.74 Å². The molecule has 5 nitrogen and oxygen atoms in total. The van der Waals surface area contributed by atoms with Gasteiger partial charge in [0.2, 0.25) is 0 Å². The smallest absolute Gasteiger partial charge is 0.148 e. The monoisotopic (exact) mass is 257 g/mol. The number of nitrogens with zero attached hydrogens (tertiary/aromatic N) is 3. The maximum absolute atomic E-state index is 12.4. The molecule has 2 heterocycles. The molecule has 19 heavy (non-hydrogen) atoms. The SMILES string of the molecule is Cn1ncnc1CC(=O)C1CCOc2ccccc21. The second-order valence-electron chi connectivity index (χ2n) is 4.67. The van der Waals surface area contributed by atoms with Crippen molar-refractivity contribution in [2.45, 2.75) is 18.8 Å². The molecule has 0 fully saturated rings. The first-order valence-corrected chi connectivity index (χ1v) is 6.33. The number of carbonyl (C=O) groups excluding carboxylic acids is 1. The van der Waals surface area contributed by atoms with Gasteiger partial charge in [0, 0.05) is 12.6 Å². The number of hydrogen-bond donors (Lipinski definition) is 0. The number of fused-ring (bicyclic) bond motifs is 1. The van der Waals surface area contributed by atoms with E-state index in [0.29, 0.717) is 18.9 Å². The Morgan fingerprint density at radius 3 is 3.11 bits per heavy atom. The van der Waals surface area contributed by atoms with E-state index in [1.807, 2.05) is 24.3 Å². The Kier molecular flexibility index (Phi) is 3.03. The summed E-state index contributed by atoms with van der Waals surface area (Å²) < 4.78 is 7.22. The molecule has 0 bridgehead atoms. The maximum Gasteiger partial charge on any atom is 0.148 e. The lowest BCUT2D eigenvalue weighted by Crippen LogP contribution is -2.23. The number of rotatable bonds is 3. The lowest BCUT2D eigenvalue weighted by atomic mass is 9.88. The highest BCUT2D eigenvalue weighted by Crippen LogP contribution is 2.34. The Morgan fingerprint density at radius 2 is 2.32 bits per heavy atom. The zero-order valence-corrected chi connectivity index (χ0v) is 10.7. The first kappa shape index (κ1) is 11.9. The van der Waals surface area contributed by atoms with Crippen LogP contribution in [0.25, 0.3) is 0 Å². The third kappa shape index (κ3) is 2.23. The molecule has 1 aliphatic rings. The van der Waals surface area contributed by atoms with E-state index in [9.17, 15) is 4.79 Å². The van der Waals surface area contributed by atoms with Crippen molar-refractivity contribution in [3.63, 3.8) is 0 Å². The molecular weight excluding hydrogens is 242 g/mol. The summed E-state index contributed by atoms with van der Waals surface area (Å²) in [4.78, 5) is 16.6. The van der Waals surface area contributed by atoms with Crippen LogP contribution in [0, 0.1) is 0 Å². The van der Waals surface area contributed by atoms with Crippen LogP contribution in [0.15, 0.2) is 30.6 Å². The number of benzene rings is 1. The molecule has 0 amide bonds. The van der Waals surface area contributed by atoms with Crippen LogP contribution in [0.3, 0.4) is 0 Å². The topological polar surface area (TPSA) is 57.0 Å². The van der Waals surface area contributed by atoms with Gasteiger partial charge in [-0.15, -0.1) is 0 Å². The van der Waals surface area contributed by atoms with Crippen molar-refractivity contribution in [1.82, 2.24) is 14.8 Å². The number of aromatic nitrogens is 3. The van der Waals surface area contributed by atoms with Crippen LogP contribution in [0.4, 0.5) is 0 Å². The highest BCUT2D eigenvalue weighted by Gasteiger charge is 2.27. The minimum atomic E-state index is -0.0957. The first-order valence-electron chi connectivity index (χ1n) is 6.33. The fraction of sp³-hybridized carbons (Fsp3) is 0.357. The summed E-state index contributed by atoms with van der Waals surface area (Å²) in [7, 11) is 1.80. The number of hydrogen-bond acceptors (Lipinski definition) is 4. The van der Waals surface area contributed by atoms with Crippen molar-refractivity contribution in [3.05, 3.63) is 42.0 Å². The van der Waals surface area contributed by atoms with Gasteiger partial charge in [-0.3, -0.25) is 9.48 Å². The fourth-order valence-electron chi connectivity index (χ4n) is 2.44. The van der Waals surface area contributed by atoms with Crippen molar-refractivity contribution >= 4 is 5.78 Å². The Hall–Kier alpha value is -2.17. The van der Waals surface area contributed by atoms with Gasteiger partial charge in [-0.2, -0.15) is 5.10 Å². The average molecular weight is 257 g/mol. The minimum Gasteiger partial charge on any atom is -0.493 e. The second kappa shape index (κ2) is 4.84. The van der Waals surface area contributed by atoms with Crippen LogP contribution >= 0.6 is 0 Å². The van der Waals surface area contributed by atoms with E-state index in [0.717, 1.165) is 17.7 Å². The summed E-state index contributed by atoms with van der Waals surface area (Å²) in [5.74, 6) is 1.60. The summed E-state index contributed by atoms with van der Waals surface area (Å²) in [6.07, 6.45) is 2.52. The van der Waals surface area contributed by atoms with E-state index in [2.05, 4.69) is 10.1 Å². The average Bonchev–Trinajstić information content (AvgIpc) is 2.83. The highest BCUT2D eigenvalue weighted by molar-refractivity contribution is 5.88. The van der Waals surface area contributed by atoms with Crippen molar-refractivity contribution in [3.8, 4) is 5.75 Å². The van der Waals surface area contributed by atoms with Crippen LogP contribution in [0.2, 0.25) is 0 Å². The summed E-state index contributed by atoms with van der Waals surface area (Å²) in [6.45, 7) is 0.590. The van der Waals surface area contributed by atoms with E-state index in [-0.39, 0.29) is 11.7 Å². The van der Waals surface area contributed by atoms with Gasteiger partial charge in [0.1, 0.15) is 23.7 Å². The molecule has 0 saturated carbocycles. The Balaban J connectivity index is 1.84. The van der Waals surface area contributed by atoms with E-state index in [4.69, 9.17) is 4.74 Å². The van der Waals surface area contributed by atoms with Crippen molar-refractivity contribution in [2.75, 3.05) is 6.61 Å². The van der Waals surface area contributed by atoms with Gasteiger partial charge in [0.15, 0.2) is 0 Å². The van der Waals surface area contributed by atoms with Crippen molar-refractivity contribution in [1.29, 1.82) is 0 Å². The molecule has 1 aromatic carbocycles. The Morgan fingerprint density at radius 1 is 1.47 bits per heavy atom. The van der Waals surface area contributed by atoms with Crippen LogP contribution in [-0.2, 0) is 18.3 Å². The van der Waals surface area contributed by atoms with Crippen LogP contribution in [0.1, 0.15) is 23.7 Å². The van der Waals surface area contributed by atoms with Crippen molar-refractivity contribution < 1.29 is 9.53 Å². The predicted molar refractivity (Wildman–Crippen MR) is 69.0 cm³/mol. The van der Waals surface area contributed by atoms with E-state index < -0.39 is 0 Å². The third-order valence-corrected chi connectivity index (χ3v) is 3.48. The third-order valence-electron chi connectivity index (χ3n) is 3.48. The predicted octanol–water partition coefficient (Wildman–Crippen LogP) is 1.49. The fourth-order valence-corrected chi connectivity index (χ4v) is 2.44. The molecule has 0 radical (unpaired) electrons. The first-order chi connectivity index (χ1) is 9.25. The molecule has 0 N–H and O–H groups in total. The number of Topliss-reactive ketones (excluding diaryl/α,β-unsaturated/α-hetero) is 1. The number of aryl methyl sites for hydroxylation is 1. The highest BCUT2D eigenvalue weighted by atomic mass is 16.5. The van der Waals surface area contributed by atoms with Gasteiger partial charge in [-0.05, 0) is 12.5 Å². The Bertz CT molecular complexity index is 606. The lowest BCUT2D eigenvalue weighted by Gasteiger charge is -2.24. The summed E-state index contributed by atoms with van der Waals surface area (Å²) in [5, 5.41) is 3.99. The Labute approximate surface area is 111 Å². The molecule has 0 aliphatic carbocycles. The van der Waals surface area contributed by atoms with Crippen LogP contribution in [-0.4, -0.2) is 27.2 Å². The van der Waals surface area contributed by atoms with Crippen LogP contribution in [0.5, 0.6) is 5.75 Å². The second-order valence-corrected chi connectivity index (χ2v) is 4.67. The molecule has 3 rings (SSSR count).